The number of amides is 1. The third-order valence-corrected chi connectivity index (χ3v) is 3.33. The first kappa shape index (κ1) is 16.4. The monoisotopic (exact) mass is 315 g/mol. The Bertz CT molecular complexity index is 787. The minimum absolute atomic E-state index is 0.232. The summed E-state index contributed by atoms with van der Waals surface area (Å²) >= 11 is 0. The molecule has 0 aliphatic heterocycles. The molecule has 0 unspecified atom stereocenters. The minimum atomic E-state index is -1.30. The third-order valence-electron chi connectivity index (χ3n) is 3.33. The number of benzene rings is 1. The van der Waals surface area contributed by atoms with Crippen LogP contribution in [0.3, 0.4) is 0 Å². The van der Waals surface area contributed by atoms with E-state index in [9.17, 15) is 14.7 Å². The predicted octanol–water partition coefficient (Wildman–Crippen LogP) is 2.36. The maximum absolute atomic E-state index is 12.4. The maximum atomic E-state index is 12.4. The van der Waals surface area contributed by atoms with Gasteiger partial charge in [0.25, 0.3) is 5.91 Å². The van der Waals surface area contributed by atoms with E-state index < -0.39 is 11.9 Å². The van der Waals surface area contributed by atoms with Crippen LogP contribution in [0.5, 0.6) is 5.75 Å². The number of nitrogens with one attached hydrogen (secondary N) is 1. The molecule has 0 aliphatic carbocycles. The van der Waals surface area contributed by atoms with Crippen molar-refractivity contribution in [3.63, 3.8) is 0 Å². The fourth-order valence-corrected chi connectivity index (χ4v) is 2.01. The molecule has 0 fully saturated rings. The summed E-state index contributed by atoms with van der Waals surface area (Å²) in [6.07, 6.45) is 0. The van der Waals surface area contributed by atoms with Crippen LogP contribution in [-0.4, -0.2) is 34.1 Å². The van der Waals surface area contributed by atoms with Crippen LogP contribution in [0, 0.1) is 20.8 Å². The number of aryl methyl sites for hydroxylation is 3. The first-order valence-electron chi connectivity index (χ1n) is 6.88. The molecule has 1 aromatic carbocycles. The number of hydrogen-bond acceptors (Lipinski definition) is 5. The lowest BCUT2D eigenvalue weighted by molar-refractivity contribution is 0.0684. The number of aromatic nitrogens is 2. The molecule has 0 saturated heterocycles. The van der Waals surface area contributed by atoms with Crippen molar-refractivity contribution < 1.29 is 19.4 Å². The van der Waals surface area contributed by atoms with Gasteiger partial charge < -0.3 is 15.2 Å². The molecule has 120 valence electrons. The number of methoxy groups -OCH3 is 1. The van der Waals surface area contributed by atoms with Crippen LogP contribution in [0.4, 0.5) is 5.69 Å². The van der Waals surface area contributed by atoms with Gasteiger partial charge in [-0.2, -0.15) is 0 Å². The highest BCUT2D eigenvalue weighted by molar-refractivity contribution is 6.09. The van der Waals surface area contributed by atoms with Gasteiger partial charge in [0.2, 0.25) is 0 Å². The van der Waals surface area contributed by atoms with Crippen molar-refractivity contribution in [3.8, 4) is 5.75 Å². The fraction of sp³-hybridized carbons (Fsp3) is 0.250. The van der Waals surface area contributed by atoms with Crippen LogP contribution in [-0.2, 0) is 0 Å². The summed E-state index contributed by atoms with van der Waals surface area (Å²) in [5.74, 6) is -1.48. The van der Waals surface area contributed by atoms with Gasteiger partial charge in [0, 0.05) is 0 Å². The van der Waals surface area contributed by atoms with E-state index >= 15 is 0 Å². The standard InChI is InChI=1S/C16H17N3O4/c1-8-5-6-12(23-4)11(7-8)19-15(20)13-14(16(21)22)18-10(3)9(2)17-13/h5-7H,1-4H3,(H,19,20)(H,21,22). The zero-order chi connectivity index (χ0) is 17.1. The number of carbonyl (C=O) groups is 2. The molecule has 0 atom stereocenters. The van der Waals surface area contributed by atoms with Gasteiger partial charge in [-0.25, -0.2) is 14.8 Å². The van der Waals surface area contributed by atoms with Gasteiger partial charge in [-0.3, -0.25) is 4.79 Å². The molecule has 2 rings (SSSR count). The zero-order valence-electron chi connectivity index (χ0n) is 13.3. The normalized spacial score (nSPS) is 10.3. The molecule has 23 heavy (non-hydrogen) atoms. The fourth-order valence-electron chi connectivity index (χ4n) is 2.01. The average Bonchev–Trinajstić information content (AvgIpc) is 2.49. The van der Waals surface area contributed by atoms with E-state index in [0.717, 1.165) is 5.56 Å². The molecule has 1 amide bonds. The Morgan fingerprint density at radius 3 is 2.26 bits per heavy atom. The molecule has 1 heterocycles. The minimum Gasteiger partial charge on any atom is -0.495 e. The number of rotatable bonds is 4. The van der Waals surface area contributed by atoms with Gasteiger partial charge >= 0.3 is 5.97 Å². The van der Waals surface area contributed by atoms with Gasteiger partial charge in [0.1, 0.15) is 5.75 Å². The van der Waals surface area contributed by atoms with Crippen LogP contribution >= 0.6 is 0 Å². The summed E-state index contributed by atoms with van der Waals surface area (Å²) in [6, 6.07) is 5.29. The second-order valence-corrected chi connectivity index (χ2v) is 5.05. The molecule has 0 saturated carbocycles. The SMILES string of the molecule is COc1ccc(C)cc1NC(=O)c1nc(C)c(C)nc1C(=O)O. The van der Waals surface area contributed by atoms with Gasteiger partial charge in [-0.1, -0.05) is 6.07 Å². The van der Waals surface area contributed by atoms with Crippen molar-refractivity contribution in [2.24, 2.45) is 0 Å². The zero-order valence-corrected chi connectivity index (χ0v) is 13.3. The summed E-state index contributed by atoms with van der Waals surface area (Å²) in [4.78, 5) is 31.8. The highest BCUT2D eigenvalue weighted by Crippen LogP contribution is 2.26. The third kappa shape index (κ3) is 3.45. The first-order valence-corrected chi connectivity index (χ1v) is 6.88. The largest absolute Gasteiger partial charge is 0.495 e. The summed E-state index contributed by atoms with van der Waals surface area (Å²) < 4.78 is 5.19. The average molecular weight is 315 g/mol. The molecule has 0 radical (unpaired) electrons. The maximum Gasteiger partial charge on any atom is 0.356 e. The Morgan fingerprint density at radius 1 is 1.09 bits per heavy atom. The Morgan fingerprint density at radius 2 is 1.70 bits per heavy atom. The number of carboxylic acids is 1. The molecule has 1 aromatic heterocycles. The molecule has 7 nitrogen and oxygen atoms in total. The molecule has 0 bridgehead atoms. The van der Waals surface area contributed by atoms with Crippen molar-refractivity contribution in [2.75, 3.05) is 12.4 Å². The lowest BCUT2D eigenvalue weighted by atomic mass is 10.2. The Kier molecular flexibility index (Phi) is 4.59. The van der Waals surface area contributed by atoms with E-state index in [2.05, 4.69) is 15.3 Å². The Balaban J connectivity index is 2.44. The second-order valence-electron chi connectivity index (χ2n) is 5.05. The van der Waals surface area contributed by atoms with Gasteiger partial charge in [-0.05, 0) is 38.5 Å². The summed E-state index contributed by atoms with van der Waals surface area (Å²) in [5, 5.41) is 11.9. The highest BCUT2D eigenvalue weighted by atomic mass is 16.5. The number of anilines is 1. The summed E-state index contributed by atoms with van der Waals surface area (Å²) in [7, 11) is 1.48. The molecule has 0 aliphatic rings. The van der Waals surface area contributed by atoms with Crippen molar-refractivity contribution in [1.82, 2.24) is 9.97 Å². The van der Waals surface area contributed by atoms with Gasteiger partial charge in [-0.15, -0.1) is 0 Å². The van der Waals surface area contributed by atoms with Gasteiger partial charge in [0.15, 0.2) is 11.4 Å². The van der Waals surface area contributed by atoms with Crippen LogP contribution in [0.15, 0.2) is 18.2 Å². The molecular formula is C16H17N3O4. The summed E-state index contributed by atoms with van der Waals surface area (Å²) in [6.45, 7) is 5.17. The van der Waals surface area contributed by atoms with Crippen molar-refractivity contribution in [1.29, 1.82) is 0 Å². The van der Waals surface area contributed by atoms with E-state index in [1.807, 2.05) is 13.0 Å². The van der Waals surface area contributed by atoms with E-state index in [4.69, 9.17) is 4.74 Å². The molecular weight excluding hydrogens is 298 g/mol. The molecule has 0 spiro atoms. The van der Waals surface area contributed by atoms with Crippen LogP contribution in [0.1, 0.15) is 37.9 Å². The number of hydrogen-bond donors (Lipinski definition) is 2. The number of nitrogens with zero attached hydrogens (tertiary/aromatic N) is 2. The highest BCUT2D eigenvalue weighted by Gasteiger charge is 2.22. The first-order chi connectivity index (χ1) is 10.8. The topological polar surface area (TPSA) is 101 Å². The Labute approximate surface area is 133 Å². The lowest BCUT2D eigenvalue weighted by Gasteiger charge is -2.12. The molecule has 7 heteroatoms. The smallest absolute Gasteiger partial charge is 0.356 e. The molecule has 2 N–H and O–H groups in total. The predicted molar refractivity (Wildman–Crippen MR) is 84.1 cm³/mol. The van der Waals surface area contributed by atoms with E-state index in [1.54, 1.807) is 26.0 Å². The van der Waals surface area contributed by atoms with Crippen LogP contribution in [0.25, 0.3) is 0 Å². The summed E-state index contributed by atoms with van der Waals surface area (Å²) in [5.41, 5.74) is 1.71. The van der Waals surface area contributed by atoms with Crippen molar-refractivity contribution in [2.45, 2.75) is 20.8 Å². The van der Waals surface area contributed by atoms with Crippen molar-refractivity contribution >= 4 is 17.6 Å². The van der Waals surface area contributed by atoms with Crippen LogP contribution < -0.4 is 10.1 Å². The number of ether oxygens (including phenoxy) is 1. The second kappa shape index (κ2) is 6.43. The van der Waals surface area contributed by atoms with E-state index in [-0.39, 0.29) is 11.4 Å². The van der Waals surface area contributed by atoms with Crippen LogP contribution in [0.2, 0.25) is 0 Å². The van der Waals surface area contributed by atoms with E-state index in [0.29, 0.717) is 22.8 Å². The Hall–Kier alpha value is -2.96. The molecule has 2 aromatic rings. The van der Waals surface area contributed by atoms with E-state index in [1.165, 1.54) is 7.11 Å². The van der Waals surface area contributed by atoms with Gasteiger partial charge in [0.05, 0.1) is 24.2 Å². The number of aromatic carboxylic acids is 1. The quantitative estimate of drug-likeness (QED) is 0.898. The lowest BCUT2D eigenvalue weighted by Crippen LogP contribution is -2.21. The van der Waals surface area contributed by atoms with Crippen molar-refractivity contribution in [3.05, 3.63) is 46.5 Å². The number of carboxylic acid groups (broad SMARTS) is 1. The number of carbonyl (C=O) groups excluding carboxylic acids is 1.